The van der Waals surface area contributed by atoms with Gasteiger partial charge in [0.25, 0.3) is 11.8 Å². The van der Waals surface area contributed by atoms with Gasteiger partial charge in [-0.05, 0) is 94.2 Å². The van der Waals surface area contributed by atoms with Crippen molar-refractivity contribution in [2.24, 2.45) is 0 Å². The highest BCUT2D eigenvalue weighted by molar-refractivity contribution is 9.10. The number of pyridine rings is 2. The van der Waals surface area contributed by atoms with Gasteiger partial charge in [-0.15, -0.1) is 0 Å². The number of anilines is 2. The number of aryl methyl sites for hydroxylation is 2. The predicted molar refractivity (Wildman–Crippen MR) is 266 cm³/mol. The number of hydrogen-bond acceptors (Lipinski definition) is 11. The minimum Gasteiger partial charge on any atom is -0.494 e. The number of ether oxygens (including phenoxy) is 1. The van der Waals surface area contributed by atoms with Crippen LogP contribution >= 0.6 is 15.9 Å². The SMILES string of the molecule is CCC(NC(=O)c1cnc2c(cnn2CC)c1NC1CCC(=O)CC1)c1ccc(Br)cc1.CCCOc1ccc(C(CC)NC(=O)c2cnc3c(cnn3CC)c2NC2CCC(=O)CC2)cc1. The van der Waals surface area contributed by atoms with Crippen molar-refractivity contribution >= 4 is 72.8 Å². The maximum atomic E-state index is 13.5. The summed E-state index contributed by atoms with van der Waals surface area (Å²) in [7, 11) is 0. The first kappa shape index (κ1) is 48.8. The Balaban J connectivity index is 0.000000200. The van der Waals surface area contributed by atoms with Gasteiger partial charge < -0.3 is 26.0 Å². The van der Waals surface area contributed by atoms with E-state index < -0.39 is 0 Å². The van der Waals surface area contributed by atoms with E-state index in [2.05, 4.69) is 78.1 Å². The van der Waals surface area contributed by atoms with Crippen LogP contribution in [-0.4, -0.2) is 71.6 Å². The number of fused-ring (bicyclic) bond motifs is 2. The quantitative estimate of drug-likeness (QED) is 0.0681. The molecule has 2 atom stereocenters. The van der Waals surface area contributed by atoms with Crippen molar-refractivity contribution in [3.8, 4) is 5.75 Å². The lowest BCUT2D eigenvalue weighted by molar-refractivity contribution is -0.121. The van der Waals surface area contributed by atoms with Gasteiger partial charge in [0.05, 0.1) is 64.4 Å². The third kappa shape index (κ3) is 11.9. The molecule has 2 saturated carbocycles. The van der Waals surface area contributed by atoms with Crippen molar-refractivity contribution in [3.63, 3.8) is 0 Å². The van der Waals surface area contributed by atoms with Gasteiger partial charge >= 0.3 is 0 Å². The third-order valence-corrected chi connectivity index (χ3v) is 13.2. The molecule has 354 valence electrons. The molecule has 0 aliphatic heterocycles. The first-order valence-corrected chi connectivity index (χ1v) is 24.7. The molecule has 2 aliphatic rings. The largest absolute Gasteiger partial charge is 0.494 e. The molecule has 8 rings (SSSR count). The first-order chi connectivity index (χ1) is 32.5. The number of nitrogens with zero attached hydrogens (tertiary/aromatic N) is 6. The highest BCUT2D eigenvalue weighted by Gasteiger charge is 2.27. The van der Waals surface area contributed by atoms with Gasteiger partial charge in [-0.25, -0.2) is 19.3 Å². The molecule has 0 radical (unpaired) electrons. The zero-order valence-corrected chi connectivity index (χ0v) is 40.8. The molecule has 2 aromatic carbocycles. The van der Waals surface area contributed by atoms with Crippen molar-refractivity contribution in [3.05, 3.63) is 100 Å². The van der Waals surface area contributed by atoms with E-state index in [1.54, 1.807) is 24.8 Å². The smallest absolute Gasteiger partial charge is 0.255 e. The maximum Gasteiger partial charge on any atom is 0.255 e. The summed E-state index contributed by atoms with van der Waals surface area (Å²) in [5.74, 6) is 1.08. The van der Waals surface area contributed by atoms with E-state index in [1.165, 1.54) is 0 Å². The van der Waals surface area contributed by atoms with E-state index in [-0.39, 0.29) is 36.0 Å². The van der Waals surface area contributed by atoms with Gasteiger partial charge in [0.1, 0.15) is 17.3 Å². The van der Waals surface area contributed by atoms with Gasteiger partial charge in [0, 0.05) is 67.7 Å². The molecule has 2 fully saturated rings. The zero-order chi connectivity index (χ0) is 47.5. The van der Waals surface area contributed by atoms with E-state index in [0.29, 0.717) is 68.1 Å². The fraction of sp³-hybridized carbons (Fsp3) is 0.451. The van der Waals surface area contributed by atoms with Crippen LogP contribution in [0.1, 0.15) is 149 Å². The number of Topliss-reactive ketones (excluding diaryl/α,β-unsaturated/α-hetero) is 2. The lowest BCUT2D eigenvalue weighted by Crippen LogP contribution is -2.31. The van der Waals surface area contributed by atoms with E-state index in [1.807, 2.05) is 71.7 Å². The molecular formula is C51H63BrN10O5. The molecule has 0 spiro atoms. The van der Waals surface area contributed by atoms with Crippen LogP contribution < -0.4 is 26.0 Å². The van der Waals surface area contributed by atoms with Crippen molar-refractivity contribution in [2.45, 2.75) is 143 Å². The summed E-state index contributed by atoms with van der Waals surface area (Å²) in [6, 6.07) is 15.9. The normalized spacial score (nSPS) is 15.4. The van der Waals surface area contributed by atoms with Crippen LogP contribution in [0.3, 0.4) is 0 Å². The molecule has 2 aliphatic carbocycles. The number of amides is 2. The standard InChI is InChI=1S/C27H35N5O3.C24H28BrN5O2/c1-4-15-35-21-13-7-18(8-14-21)24(5-2)31-27(34)23-16-28-26-22(17-29-32(26)6-3)25(23)30-19-9-11-20(33)12-10-19;1-3-21(15-5-7-16(25)8-6-15)29-24(32)20-13-26-23-19(14-27-30(23)4-2)22(20)28-17-9-11-18(31)12-10-17/h7-8,13-14,16-17,19,24H,4-6,9-12,15H2,1-3H3,(H,28,30)(H,31,34);5-8,13-14,17,21H,3-4,9-12H2,1-2H3,(H,26,28)(H,29,32). The third-order valence-electron chi connectivity index (χ3n) is 12.7. The van der Waals surface area contributed by atoms with Crippen LogP contribution in [0, 0.1) is 0 Å². The number of nitrogens with one attached hydrogen (secondary N) is 4. The summed E-state index contributed by atoms with van der Waals surface area (Å²) in [4.78, 5) is 59.5. The molecule has 4 aromatic heterocycles. The summed E-state index contributed by atoms with van der Waals surface area (Å²) in [6.07, 6.45) is 14.6. The molecule has 15 nitrogen and oxygen atoms in total. The molecule has 0 saturated heterocycles. The number of ketones is 2. The molecule has 67 heavy (non-hydrogen) atoms. The number of carbonyl (C=O) groups is 4. The lowest BCUT2D eigenvalue weighted by Gasteiger charge is -2.25. The molecule has 4 N–H and O–H groups in total. The molecule has 0 bridgehead atoms. The average Bonchev–Trinajstić information content (AvgIpc) is 3.98. The Morgan fingerprint density at radius 1 is 0.642 bits per heavy atom. The molecule has 4 heterocycles. The van der Waals surface area contributed by atoms with E-state index in [0.717, 1.165) is 99.7 Å². The van der Waals surface area contributed by atoms with Crippen LogP contribution in [0.5, 0.6) is 5.75 Å². The number of rotatable bonds is 17. The fourth-order valence-electron chi connectivity index (χ4n) is 8.77. The Bertz CT molecular complexity index is 2640. The van der Waals surface area contributed by atoms with Crippen molar-refractivity contribution in [1.82, 2.24) is 40.2 Å². The van der Waals surface area contributed by atoms with Crippen LogP contribution in [0.2, 0.25) is 0 Å². The second-order valence-corrected chi connectivity index (χ2v) is 18.2. The first-order valence-electron chi connectivity index (χ1n) is 23.9. The monoisotopic (exact) mass is 974 g/mol. The second-order valence-electron chi connectivity index (χ2n) is 17.2. The number of carbonyl (C=O) groups excluding carboxylic acids is 4. The summed E-state index contributed by atoms with van der Waals surface area (Å²) >= 11 is 3.46. The Hall–Kier alpha value is -6.16. The van der Waals surface area contributed by atoms with Gasteiger partial charge in [0.15, 0.2) is 11.3 Å². The van der Waals surface area contributed by atoms with Gasteiger partial charge in [0.2, 0.25) is 0 Å². The molecule has 2 amide bonds. The lowest BCUT2D eigenvalue weighted by atomic mass is 9.94. The van der Waals surface area contributed by atoms with Crippen LogP contribution in [0.15, 0.2) is 77.8 Å². The van der Waals surface area contributed by atoms with Crippen LogP contribution in [-0.2, 0) is 22.7 Å². The molecule has 16 heteroatoms. The minimum absolute atomic E-state index is 0.107. The van der Waals surface area contributed by atoms with Gasteiger partial charge in [-0.2, -0.15) is 10.2 Å². The topological polar surface area (TPSA) is 187 Å². The highest BCUT2D eigenvalue weighted by Crippen LogP contribution is 2.32. The fourth-order valence-corrected chi connectivity index (χ4v) is 9.04. The number of benzene rings is 2. The van der Waals surface area contributed by atoms with E-state index in [4.69, 9.17) is 4.74 Å². The maximum absolute atomic E-state index is 13.5. The van der Waals surface area contributed by atoms with Crippen molar-refractivity contribution in [1.29, 1.82) is 0 Å². The van der Waals surface area contributed by atoms with Gasteiger partial charge in [-0.3, -0.25) is 19.2 Å². The van der Waals surface area contributed by atoms with Gasteiger partial charge in [-0.1, -0.05) is 61.0 Å². The number of hydrogen-bond donors (Lipinski definition) is 4. The Morgan fingerprint density at radius 3 is 1.45 bits per heavy atom. The number of halogens is 1. The summed E-state index contributed by atoms with van der Waals surface area (Å²) in [5, 5.41) is 24.0. The Kier molecular flexibility index (Phi) is 16.8. The van der Waals surface area contributed by atoms with Crippen LogP contribution in [0.4, 0.5) is 11.4 Å². The average molecular weight is 976 g/mol. The number of aromatic nitrogens is 6. The summed E-state index contributed by atoms with van der Waals surface area (Å²) in [5.41, 5.74) is 6.05. The second kappa shape index (κ2) is 23.0. The zero-order valence-electron chi connectivity index (χ0n) is 39.2. The highest BCUT2D eigenvalue weighted by atomic mass is 79.9. The van der Waals surface area contributed by atoms with E-state index in [9.17, 15) is 19.2 Å². The minimum atomic E-state index is -0.184. The van der Waals surface area contributed by atoms with E-state index >= 15 is 0 Å². The van der Waals surface area contributed by atoms with Crippen LogP contribution in [0.25, 0.3) is 22.1 Å². The van der Waals surface area contributed by atoms with Crippen molar-refractivity contribution in [2.75, 3.05) is 17.2 Å². The summed E-state index contributed by atoms with van der Waals surface area (Å²) < 4.78 is 10.3. The Labute approximate surface area is 400 Å². The molecule has 6 aromatic rings. The molecule has 2 unspecified atom stereocenters. The Morgan fingerprint density at radius 2 is 1.06 bits per heavy atom. The molecular weight excluding hydrogens is 913 g/mol. The summed E-state index contributed by atoms with van der Waals surface area (Å²) in [6.45, 7) is 12.3. The van der Waals surface area contributed by atoms with Crippen molar-refractivity contribution < 1.29 is 23.9 Å². The predicted octanol–water partition coefficient (Wildman–Crippen LogP) is 10.1.